The maximum Gasteiger partial charge on any atom is 0.229 e. The zero-order chi connectivity index (χ0) is 25.4. The summed E-state index contributed by atoms with van der Waals surface area (Å²) in [5.41, 5.74) is 1.93. The average molecular weight is 486 g/mol. The van der Waals surface area contributed by atoms with E-state index in [0.29, 0.717) is 5.95 Å². The van der Waals surface area contributed by atoms with Crippen molar-refractivity contribution >= 4 is 23.1 Å². The van der Waals surface area contributed by atoms with E-state index in [1.807, 2.05) is 31.3 Å². The molecule has 0 aliphatic carbocycles. The van der Waals surface area contributed by atoms with E-state index >= 15 is 0 Å². The lowest BCUT2D eigenvalue weighted by atomic mass is 9.77. The molecule has 1 aromatic heterocycles. The van der Waals surface area contributed by atoms with Gasteiger partial charge < -0.3 is 20.6 Å². The maximum atomic E-state index is 14.6. The Hall–Kier alpha value is -2.49. The van der Waals surface area contributed by atoms with Crippen LogP contribution < -0.4 is 15.5 Å². The number of likely N-dealkylation sites (tertiary alicyclic amines) is 1. The van der Waals surface area contributed by atoms with Gasteiger partial charge in [-0.15, -0.1) is 0 Å². The quantitative estimate of drug-likeness (QED) is 0.574. The second kappa shape index (κ2) is 9.87. The van der Waals surface area contributed by atoms with E-state index in [-0.39, 0.29) is 35.6 Å². The maximum absolute atomic E-state index is 14.6. The molecule has 8 nitrogen and oxygen atoms in total. The number of aliphatic hydroxyl groups is 1. The highest BCUT2D eigenvalue weighted by Gasteiger charge is 2.43. The van der Waals surface area contributed by atoms with Crippen molar-refractivity contribution in [1.82, 2.24) is 19.8 Å². The molecule has 4 rings (SSSR count). The normalized spacial score (nSPS) is 23.3. The molecule has 2 saturated heterocycles. The summed E-state index contributed by atoms with van der Waals surface area (Å²) in [6.45, 7) is 11.7. The summed E-state index contributed by atoms with van der Waals surface area (Å²) in [6.07, 6.45) is 3.00. The fraction of sp³-hybridized carbons (Fsp3) is 0.615. The molecular weight excluding hydrogens is 445 g/mol. The second-order valence-electron chi connectivity index (χ2n) is 11.3. The Kier molecular flexibility index (Phi) is 7.22. The molecule has 192 valence electrons. The minimum Gasteiger partial charge on any atom is -0.395 e. The lowest BCUT2D eigenvalue weighted by Gasteiger charge is -2.53. The van der Waals surface area contributed by atoms with Crippen molar-refractivity contribution in [3.63, 3.8) is 0 Å². The number of nitrogens with one attached hydrogen (secondary N) is 2. The number of halogens is 1. The van der Waals surface area contributed by atoms with Gasteiger partial charge in [0.15, 0.2) is 11.6 Å². The second-order valence-corrected chi connectivity index (χ2v) is 11.3. The molecule has 0 spiro atoms. The van der Waals surface area contributed by atoms with Gasteiger partial charge in [0.05, 0.1) is 18.8 Å². The van der Waals surface area contributed by atoms with Crippen molar-refractivity contribution in [3.8, 4) is 0 Å². The molecule has 1 unspecified atom stereocenters. The van der Waals surface area contributed by atoms with Gasteiger partial charge in [-0.05, 0) is 78.9 Å². The summed E-state index contributed by atoms with van der Waals surface area (Å²) in [4.78, 5) is 15.5. The van der Waals surface area contributed by atoms with Crippen molar-refractivity contribution in [2.45, 2.75) is 63.7 Å². The van der Waals surface area contributed by atoms with Crippen LogP contribution in [0.1, 0.15) is 40.5 Å². The topological polar surface area (TPSA) is 79.8 Å². The summed E-state index contributed by atoms with van der Waals surface area (Å²) < 4.78 is 14.6. The van der Waals surface area contributed by atoms with Gasteiger partial charge in [0.2, 0.25) is 5.95 Å². The molecular formula is C26H40FN7O. The standard InChI is InChI=1S/C26H40FN7O/c1-25(2)13-19(14-26(3,4)33(25)6)29-23-22(27)15-28-24(31-23)30-18-7-9-20(10-8-18)34-12-11-32(5)21(16-34)17-35/h7-10,15,19,21,35H,11-14,16-17H2,1-6H3,(H2,28,29,30,31). The van der Waals surface area contributed by atoms with Gasteiger partial charge in [0.25, 0.3) is 0 Å². The lowest BCUT2D eigenvalue weighted by Crippen LogP contribution is -2.61. The third-order valence-electron chi connectivity index (χ3n) is 7.87. The van der Waals surface area contributed by atoms with Crippen LogP contribution in [0.3, 0.4) is 0 Å². The molecule has 0 bridgehead atoms. The third-order valence-corrected chi connectivity index (χ3v) is 7.87. The Morgan fingerprint density at radius 2 is 1.71 bits per heavy atom. The van der Waals surface area contributed by atoms with E-state index in [2.05, 4.69) is 70.0 Å². The smallest absolute Gasteiger partial charge is 0.229 e. The molecule has 2 aliphatic rings. The molecule has 0 amide bonds. The predicted octanol–water partition coefficient (Wildman–Crippen LogP) is 3.54. The van der Waals surface area contributed by atoms with E-state index in [1.165, 1.54) is 6.20 Å². The van der Waals surface area contributed by atoms with Gasteiger partial charge in [0.1, 0.15) is 0 Å². The van der Waals surface area contributed by atoms with Crippen LogP contribution >= 0.6 is 0 Å². The Morgan fingerprint density at radius 1 is 1.06 bits per heavy atom. The first-order valence-corrected chi connectivity index (χ1v) is 12.4. The predicted molar refractivity (Wildman–Crippen MR) is 140 cm³/mol. The molecule has 1 aromatic carbocycles. The summed E-state index contributed by atoms with van der Waals surface area (Å²) in [5, 5.41) is 16.2. The van der Waals surface area contributed by atoms with E-state index in [4.69, 9.17) is 0 Å². The van der Waals surface area contributed by atoms with Crippen LogP contribution in [0.25, 0.3) is 0 Å². The van der Waals surface area contributed by atoms with Crippen LogP contribution in [-0.2, 0) is 0 Å². The molecule has 3 heterocycles. The Bertz CT molecular complexity index is 995. The fourth-order valence-corrected chi connectivity index (χ4v) is 5.46. The number of likely N-dealkylation sites (N-methyl/N-ethyl adjacent to an activating group) is 1. The van der Waals surface area contributed by atoms with Gasteiger partial charge in [-0.3, -0.25) is 9.80 Å². The lowest BCUT2D eigenvalue weighted by molar-refractivity contribution is -0.00778. The number of piperidine rings is 1. The largest absolute Gasteiger partial charge is 0.395 e. The molecule has 2 aromatic rings. The van der Waals surface area contributed by atoms with E-state index in [9.17, 15) is 9.50 Å². The molecule has 35 heavy (non-hydrogen) atoms. The molecule has 0 saturated carbocycles. The monoisotopic (exact) mass is 485 g/mol. The SMILES string of the molecule is CN1CCN(c2ccc(Nc3ncc(F)c(NC4CC(C)(C)N(C)C(C)(C)C4)n3)cc2)CC1CO. The minimum atomic E-state index is -0.450. The highest BCUT2D eigenvalue weighted by molar-refractivity contribution is 5.60. The molecule has 2 fully saturated rings. The van der Waals surface area contributed by atoms with Crippen LogP contribution in [0.4, 0.5) is 27.5 Å². The van der Waals surface area contributed by atoms with Crippen LogP contribution in [0.5, 0.6) is 0 Å². The van der Waals surface area contributed by atoms with Crippen molar-refractivity contribution in [3.05, 3.63) is 36.3 Å². The minimum absolute atomic E-state index is 0.00723. The van der Waals surface area contributed by atoms with Gasteiger partial charge in [-0.1, -0.05) is 0 Å². The van der Waals surface area contributed by atoms with Crippen LogP contribution in [0, 0.1) is 5.82 Å². The highest BCUT2D eigenvalue weighted by Crippen LogP contribution is 2.38. The zero-order valence-electron chi connectivity index (χ0n) is 21.8. The van der Waals surface area contributed by atoms with E-state index < -0.39 is 5.82 Å². The Labute approximate surface area is 208 Å². The molecule has 1 atom stereocenters. The van der Waals surface area contributed by atoms with E-state index in [1.54, 1.807) is 0 Å². The van der Waals surface area contributed by atoms with Crippen LogP contribution in [0.15, 0.2) is 30.5 Å². The number of benzene rings is 1. The first kappa shape index (κ1) is 25.6. The third kappa shape index (κ3) is 5.68. The summed E-state index contributed by atoms with van der Waals surface area (Å²) >= 11 is 0. The average Bonchev–Trinajstić information content (AvgIpc) is 2.80. The van der Waals surface area contributed by atoms with E-state index in [0.717, 1.165) is 43.9 Å². The first-order valence-electron chi connectivity index (χ1n) is 12.4. The Morgan fingerprint density at radius 3 is 2.34 bits per heavy atom. The van der Waals surface area contributed by atoms with Crippen LogP contribution in [-0.4, -0.2) is 88.4 Å². The van der Waals surface area contributed by atoms with Gasteiger partial charge in [-0.2, -0.15) is 4.98 Å². The molecule has 3 N–H and O–H groups in total. The number of piperazine rings is 1. The van der Waals surface area contributed by atoms with Gasteiger partial charge in [-0.25, -0.2) is 9.37 Å². The number of aliphatic hydroxyl groups excluding tert-OH is 1. The van der Waals surface area contributed by atoms with Crippen molar-refractivity contribution < 1.29 is 9.50 Å². The molecule has 9 heteroatoms. The van der Waals surface area contributed by atoms with Crippen LogP contribution in [0.2, 0.25) is 0 Å². The fourth-order valence-electron chi connectivity index (χ4n) is 5.46. The number of hydrogen-bond donors (Lipinski definition) is 3. The zero-order valence-corrected chi connectivity index (χ0v) is 21.8. The summed E-state index contributed by atoms with van der Waals surface area (Å²) in [5.74, 6) is 0.134. The number of hydrogen-bond acceptors (Lipinski definition) is 8. The molecule has 0 radical (unpaired) electrons. The highest BCUT2D eigenvalue weighted by atomic mass is 19.1. The number of rotatable bonds is 6. The number of aromatic nitrogens is 2. The number of nitrogens with zero attached hydrogens (tertiary/aromatic N) is 5. The van der Waals surface area contributed by atoms with Gasteiger partial charge in [0, 0.05) is 48.1 Å². The van der Waals surface area contributed by atoms with Gasteiger partial charge >= 0.3 is 0 Å². The van der Waals surface area contributed by atoms with Crippen molar-refractivity contribution in [2.75, 3.05) is 55.9 Å². The first-order chi connectivity index (χ1) is 16.5. The Balaban J connectivity index is 1.43. The molecule has 2 aliphatic heterocycles. The van der Waals surface area contributed by atoms with Crippen molar-refractivity contribution in [2.24, 2.45) is 0 Å². The summed E-state index contributed by atoms with van der Waals surface area (Å²) in [7, 11) is 4.20. The summed E-state index contributed by atoms with van der Waals surface area (Å²) in [6, 6.07) is 8.30. The van der Waals surface area contributed by atoms with Crippen molar-refractivity contribution in [1.29, 1.82) is 0 Å². The number of anilines is 4.